The van der Waals surface area contributed by atoms with E-state index in [1.165, 1.54) is 0 Å². The zero-order valence-electron chi connectivity index (χ0n) is 20.9. The number of benzene rings is 1. The summed E-state index contributed by atoms with van der Waals surface area (Å²) >= 11 is 0. The van der Waals surface area contributed by atoms with E-state index in [1.807, 2.05) is 37.8 Å². The Kier molecular flexibility index (Phi) is 6.90. The van der Waals surface area contributed by atoms with Crippen LogP contribution in [-0.2, 0) is 16.0 Å². The number of hydrogen-bond donors (Lipinski definition) is 3. The largest absolute Gasteiger partial charge is 0.493 e. The molecule has 1 saturated heterocycles. The predicted molar refractivity (Wildman–Crippen MR) is 130 cm³/mol. The maximum absolute atomic E-state index is 13.8. The molecule has 0 radical (unpaired) electrons. The fourth-order valence-electron chi connectivity index (χ4n) is 5.51. The summed E-state index contributed by atoms with van der Waals surface area (Å²) in [7, 11) is 1.73. The Bertz CT molecular complexity index is 957. The first-order valence-electron chi connectivity index (χ1n) is 12.4. The first kappa shape index (κ1) is 24.5. The Morgan fingerprint density at radius 2 is 1.91 bits per heavy atom. The quantitative estimate of drug-likeness (QED) is 0.590. The Morgan fingerprint density at radius 1 is 1.15 bits per heavy atom. The highest BCUT2D eigenvalue weighted by Crippen LogP contribution is 2.39. The van der Waals surface area contributed by atoms with Gasteiger partial charge < -0.3 is 25.6 Å². The van der Waals surface area contributed by atoms with E-state index in [0.29, 0.717) is 24.6 Å². The topological polar surface area (TPSA) is 99.8 Å². The van der Waals surface area contributed by atoms with Crippen LogP contribution < -0.4 is 20.7 Å². The molecule has 186 valence electrons. The lowest BCUT2D eigenvalue weighted by Gasteiger charge is -2.38. The minimum Gasteiger partial charge on any atom is -0.493 e. The van der Waals surface area contributed by atoms with Crippen LogP contribution in [0.25, 0.3) is 0 Å². The number of likely N-dealkylation sites (N-methyl/N-ethyl adjacent to an activating group) is 1. The van der Waals surface area contributed by atoms with Crippen LogP contribution in [0.4, 0.5) is 0 Å². The zero-order valence-corrected chi connectivity index (χ0v) is 20.9. The maximum Gasteiger partial charge on any atom is 0.251 e. The molecular formula is C26H38N4O4. The van der Waals surface area contributed by atoms with Gasteiger partial charge in [0.2, 0.25) is 11.8 Å². The summed E-state index contributed by atoms with van der Waals surface area (Å²) in [6.07, 6.45) is 3.58. The van der Waals surface area contributed by atoms with Crippen molar-refractivity contribution in [3.63, 3.8) is 0 Å². The SMILES string of the molecule is CN[C@@H](C)C(=O)N[C@H](C(=O)N1CC[C@H]2CC[C@H](NC(=O)c3ccc4c(c3)CCO4)[C@H]21)C(C)(C)C. The first-order chi connectivity index (χ1) is 16.1. The van der Waals surface area contributed by atoms with E-state index in [-0.39, 0.29) is 35.8 Å². The van der Waals surface area contributed by atoms with E-state index in [0.717, 1.165) is 37.0 Å². The summed E-state index contributed by atoms with van der Waals surface area (Å²) in [6.45, 7) is 9.00. The number of fused-ring (bicyclic) bond motifs is 2. The summed E-state index contributed by atoms with van der Waals surface area (Å²) in [5.41, 5.74) is 1.25. The van der Waals surface area contributed by atoms with Gasteiger partial charge in [-0.1, -0.05) is 20.8 Å². The van der Waals surface area contributed by atoms with Gasteiger partial charge in [0, 0.05) is 24.6 Å². The molecule has 8 nitrogen and oxygen atoms in total. The highest BCUT2D eigenvalue weighted by atomic mass is 16.5. The maximum atomic E-state index is 13.8. The fourth-order valence-corrected chi connectivity index (χ4v) is 5.51. The molecule has 34 heavy (non-hydrogen) atoms. The molecule has 3 N–H and O–H groups in total. The molecule has 4 rings (SSSR count). The molecule has 2 heterocycles. The van der Waals surface area contributed by atoms with Gasteiger partial charge in [0.15, 0.2) is 0 Å². The van der Waals surface area contributed by atoms with Crippen molar-refractivity contribution in [2.24, 2.45) is 11.3 Å². The van der Waals surface area contributed by atoms with Crippen LogP contribution in [0.2, 0.25) is 0 Å². The van der Waals surface area contributed by atoms with Gasteiger partial charge in [-0.05, 0) is 68.3 Å². The second-order valence-corrected chi connectivity index (χ2v) is 11.0. The fraction of sp³-hybridized carbons (Fsp3) is 0.654. The lowest BCUT2D eigenvalue weighted by atomic mass is 9.85. The molecule has 1 aliphatic carbocycles. The zero-order chi connectivity index (χ0) is 24.6. The van der Waals surface area contributed by atoms with Gasteiger partial charge >= 0.3 is 0 Å². The molecule has 3 aliphatic rings. The van der Waals surface area contributed by atoms with E-state index < -0.39 is 11.5 Å². The normalized spacial score (nSPS) is 25.2. The lowest BCUT2D eigenvalue weighted by molar-refractivity contribution is -0.141. The van der Waals surface area contributed by atoms with Crippen molar-refractivity contribution in [1.29, 1.82) is 0 Å². The van der Waals surface area contributed by atoms with Crippen molar-refractivity contribution in [3.8, 4) is 5.75 Å². The average molecular weight is 471 g/mol. The summed E-state index contributed by atoms with van der Waals surface area (Å²) in [4.78, 5) is 41.4. The molecule has 3 amide bonds. The van der Waals surface area contributed by atoms with Crippen molar-refractivity contribution in [2.75, 3.05) is 20.2 Å². The number of hydrogen-bond acceptors (Lipinski definition) is 5. The Labute approximate surface area is 202 Å². The van der Waals surface area contributed by atoms with E-state index in [4.69, 9.17) is 4.74 Å². The summed E-state index contributed by atoms with van der Waals surface area (Å²) in [6, 6.07) is 4.41. The van der Waals surface area contributed by atoms with E-state index in [2.05, 4.69) is 16.0 Å². The number of rotatable bonds is 6. The lowest BCUT2D eigenvalue weighted by Crippen LogP contribution is -2.60. The molecular weight excluding hydrogens is 432 g/mol. The van der Waals surface area contributed by atoms with Gasteiger partial charge in [-0.3, -0.25) is 14.4 Å². The smallest absolute Gasteiger partial charge is 0.251 e. The average Bonchev–Trinajstić information content (AvgIpc) is 3.52. The highest BCUT2D eigenvalue weighted by Gasteiger charge is 2.49. The van der Waals surface area contributed by atoms with Gasteiger partial charge in [-0.2, -0.15) is 0 Å². The molecule has 1 aromatic rings. The molecule has 2 aliphatic heterocycles. The third kappa shape index (κ3) is 4.78. The molecule has 0 unspecified atom stereocenters. The second-order valence-electron chi connectivity index (χ2n) is 11.0. The van der Waals surface area contributed by atoms with Crippen LogP contribution in [-0.4, -0.2) is 67.0 Å². The van der Waals surface area contributed by atoms with E-state index in [9.17, 15) is 14.4 Å². The summed E-state index contributed by atoms with van der Waals surface area (Å²) < 4.78 is 5.55. The van der Waals surface area contributed by atoms with Crippen molar-refractivity contribution in [3.05, 3.63) is 29.3 Å². The third-order valence-electron chi connectivity index (χ3n) is 7.62. The van der Waals surface area contributed by atoms with Crippen molar-refractivity contribution in [2.45, 2.75) is 77.5 Å². The molecule has 0 spiro atoms. The molecule has 1 saturated carbocycles. The molecule has 8 heteroatoms. The minimum atomic E-state index is -0.636. The second kappa shape index (κ2) is 9.56. The van der Waals surface area contributed by atoms with Crippen LogP contribution in [0.1, 0.15) is 62.9 Å². The molecule has 1 aromatic carbocycles. The van der Waals surface area contributed by atoms with Crippen LogP contribution >= 0.6 is 0 Å². The van der Waals surface area contributed by atoms with Crippen LogP contribution in [0, 0.1) is 11.3 Å². The minimum absolute atomic E-state index is 0.0438. The van der Waals surface area contributed by atoms with Crippen LogP contribution in [0.15, 0.2) is 18.2 Å². The predicted octanol–water partition coefficient (Wildman–Crippen LogP) is 1.87. The summed E-state index contributed by atoms with van der Waals surface area (Å²) in [5, 5.41) is 9.13. The van der Waals surface area contributed by atoms with Crippen molar-refractivity contribution >= 4 is 17.7 Å². The highest BCUT2D eigenvalue weighted by molar-refractivity contribution is 5.95. The summed E-state index contributed by atoms with van der Waals surface area (Å²) in [5.74, 6) is 0.863. The van der Waals surface area contributed by atoms with Crippen LogP contribution in [0.3, 0.4) is 0 Å². The van der Waals surface area contributed by atoms with Gasteiger partial charge in [0.25, 0.3) is 5.91 Å². The van der Waals surface area contributed by atoms with Gasteiger partial charge in [-0.15, -0.1) is 0 Å². The van der Waals surface area contributed by atoms with Crippen molar-refractivity contribution < 1.29 is 19.1 Å². The number of carbonyl (C=O) groups excluding carboxylic acids is 3. The number of nitrogens with one attached hydrogen (secondary N) is 3. The van der Waals surface area contributed by atoms with Crippen LogP contribution in [0.5, 0.6) is 5.75 Å². The Hall–Kier alpha value is -2.61. The van der Waals surface area contributed by atoms with Gasteiger partial charge in [0.05, 0.1) is 18.7 Å². The number of carbonyl (C=O) groups is 3. The third-order valence-corrected chi connectivity index (χ3v) is 7.62. The monoisotopic (exact) mass is 470 g/mol. The van der Waals surface area contributed by atoms with Gasteiger partial charge in [0.1, 0.15) is 11.8 Å². The molecule has 5 atom stereocenters. The van der Waals surface area contributed by atoms with Gasteiger partial charge in [-0.25, -0.2) is 0 Å². The van der Waals surface area contributed by atoms with Crippen molar-refractivity contribution in [1.82, 2.24) is 20.9 Å². The number of ether oxygens (including phenoxy) is 1. The number of nitrogens with zero attached hydrogens (tertiary/aromatic N) is 1. The van der Waals surface area contributed by atoms with E-state index >= 15 is 0 Å². The molecule has 0 bridgehead atoms. The van der Waals surface area contributed by atoms with E-state index in [1.54, 1.807) is 20.0 Å². The molecule has 2 fully saturated rings. The Morgan fingerprint density at radius 3 is 2.62 bits per heavy atom. The molecule has 0 aromatic heterocycles. The first-order valence-corrected chi connectivity index (χ1v) is 12.4. The number of likely N-dealkylation sites (tertiary alicyclic amines) is 1. The number of amides is 3. The standard InChI is InChI=1S/C26H38N4O4/c1-15(27-5)23(31)29-22(26(2,3)4)25(33)30-12-10-16-6-8-19(21(16)30)28-24(32)18-7-9-20-17(14-18)11-13-34-20/h7,9,14-16,19,21-22,27H,6,8,10-13H2,1-5H3,(H,28,32)(H,29,31)/t15-,16+,19-,21-,22+/m0/s1. The Balaban J connectivity index is 1.49.